The zero-order chi connectivity index (χ0) is 18.0. The van der Waals surface area contributed by atoms with Crippen LogP contribution in [0, 0.1) is 5.92 Å². The van der Waals surface area contributed by atoms with Crippen molar-refractivity contribution in [2.45, 2.75) is 20.3 Å². The number of hydrogen-bond donors (Lipinski definition) is 1. The summed E-state index contributed by atoms with van der Waals surface area (Å²) in [5, 5.41) is 4.82. The van der Waals surface area contributed by atoms with Crippen molar-refractivity contribution in [2.75, 3.05) is 23.4 Å². The Morgan fingerprint density at radius 3 is 2.96 bits per heavy atom. The number of amides is 1. The molecule has 8 heteroatoms. The fourth-order valence-corrected chi connectivity index (χ4v) is 5.07. The molecule has 0 saturated carbocycles. The van der Waals surface area contributed by atoms with Crippen LogP contribution in [0.25, 0.3) is 11.3 Å². The Balaban J connectivity index is 1.67. The highest BCUT2D eigenvalue weighted by molar-refractivity contribution is 7.92. The van der Waals surface area contributed by atoms with Crippen LogP contribution >= 0.6 is 11.3 Å². The molecule has 0 fully saturated rings. The lowest BCUT2D eigenvalue weighted by atomic mass is 10.1. The molecule has 1 aromatic heterocycles. The first kappa shape index (κ1) is 17.9. The summed E-state index contributed by atoms with van der Waals surface area (Å²) in [6.07, 6.45) is 0.880. The van der Waals surface area contributed by atoms with E-state index in [2.05, 4.69) is 10.3 Å². The van der Waals surface area contributed by atoms with Crippen LogP contribution in [-0.2, 0) is 21.1 Å². The molecule has 1 amide bonds. The quantitative estimate of drug-likeness (QED) is 0.833. The number of benzene rings is 1. The van der Waals surface area contributed by atoms with Crippen molar-refractivity contribution in [1.82, 2.24) is 4.98 Å². The minimum Gasteiger partial charge on any atom is -0.493 e. The minimum absolute atomic E-state index is 0.000730. The van der Waals surface area contributed by atoms with Crippen LogP contribution in [-0.4, -0.2) is 37.4 Å². The molecule has 0 aliphatic carbocycles. The lowest BCUT2D eigenvalue weighted by molar-refractivity contribution is -0.113. The maximum absolute atomic E-state index is 12.0. The highest BCUT2D eigenvalue weighted by Crippen LogP contribution is 2.31. The fourth-order valence-electron chi connectivity index (χ4n) is 2.73. The lowest BCUT2D eigenvalue weighted by Gasteiger charge is -2.06. The van der Waals surface area contributed by atoms with E-state index in [1.807, 2.05) is 37.4 Å². The molecule has 0 spiro atoms. The van der Waals surface area contributed by atoms with Gasteiger partial charge in [0.15, 0.2) is 15.0 Å². The summed E-state index contributed by atoms with van der Waals surface area (Å²) >= 11 is 1.28. The number of nitrogens with one attached hydrogen (secondary N) is 1. The second-order valence-electron chi connectivity index (χ2n) is 6.46. The normalized spacial score (nSPS) is 13.6. The Kier molecular flexibility index (Phi) is 5.10. The van der Waals surface area contributed by atoms with Gasteiger partial charge in [0, 0.05) is 17.4 Å². The molecule has 0 atom stereocenters. The van der Waals surface area contributed by atoms with Crippen LogP contribution in [0.1, 0.15) is 19.4 Å². The van der Waals surface area contributed by atoms with Gasteiger partial charge in [-0.1, -0.05) is 13.8 Å². The van der Waals surface area contributed by atoms with E-state index in [0.29, 0.717) is 11.7 Å². The molecular formula is C17H20N2O4S2. The van der Waals surface area contributed by atoms with Crippen molar-refractivity contribution in [3.8, 4) is 17.0 Å². The van der Waals surface area contributed by atoms with E-state index in [1.54, 1.807) is 0 Å². The van der Waals surface area contributed by atoms with Crippen molar-refractivity contribution in [1.29, 1.82) is 0 Å². The number of fused-ring (bicyclic) bond motifs is 1. The molecule has 6 nitrogen and oxygen atoms in total. The van der Waals surface area contributed by atoms with Crippen LogP contribution in [0.2, 0.25) is 0 Å². The van der Waals surface area contributed by atoms with E-state index in [-0.39, 0.29) is 11.7 Å². The van der Waals surface area contributed by atoms with E-state index in [4.69, 9.17) is 4.74 Å². The molecule has 0 radical (unpaired) electrons. The average Bonchev–Trinajstić information content (AvgIpc) is 3.12. The summed E-state index contributed by atoms with van der Waals surface area (Å²) in [6, 6.07) is 5.89. The summed E-state index contributed by atoms with van der Waals surface area (Å²) in [7, 11) is -3.40. The summed E-state index contributed by atoms with van der Waals surface area (Å²) in [6.45, 7) is 4.32. The average molecular weight is 380 g/mol. The smallest absolute Gasteiger partial charge is 0.241 e. The molecule has 25 heavy (non-hydrogen) atoms. The van der Waals surface area contributed by atoms with E-state index in [9.17, 15) is 13.2 Å². The molecule has 1 aromatic carbocycles. The number of ether oxygens (including phenoxy) is 1. The van der Waals surface area contributed by atoms with Crippen molar-refractivity contribution in [3.63, 3.8) is 0 Å². The van der Waals surface area contributed by atoms with Crippen molar-refractivity contribution in [3.05, 3.63) is 29.1 Å². The first-order chi connectivity index (χ1) is 11.8. The summed E-state index contributed by atoms with van der Waals surface area (Å²) in [4.78, 5) is 16.4. The molecule has 0 unspecified atom stereocenters. The molecule has 134 valence electrons. The van der Waals surface area contributed by atoms with Gasteiger partial charge in [-0.15, -0.1) is 11.3 Å². The van der Waals surface area contributed by atoms with Gasteiger partial charge >= 0.3 is 0 Å². The van der Waals surface area contributed by atoms with Crippen LogP contribution in [0.4, 0.5) is 5.13 Å². The Morgan fingerprint density at radius 1 is 1.40 bits per heavy atom. The van der Waals surface area contributed by atoms with Crippen LogP contribution in [0.5, 0.6) is 5.75 Å². The number of rotatable bonds is 6. The molecule has 2 aromatic rings. The number of anilines is 1. The van der Waals surface area contributed by atoms with Crippen molar-refractivity contribution in [2.24, 2.45) is 5.92 Å². The molecule has 3 rings (SSSR count). The zero-order valence-corrected chi connectivity index (χ0v) is 15.7. The van der Waals surface area contributed by atoms with Gasteiger partial charge in [0.25, 0.3) is 0 Å². The number of carbonyl (C=O) groups is 1. The highest BCUT2D eigenvalue weighted by Gasteiger charge is 2.19. The van der Waals surface area contributed by atoms with Gasteiger partial charge in [-0.2, -0.15) is 0 Å². The van der Waals surface area contributed by atoms with Gasteiger partial charge in [-0.05, 0) is 29.7 Å². The lowest BCUT2D eigenvalue weighted by Crippen LogP contribution is -2.26. The molecule has 1 N–H and O–H groups in total. The number of nitrogens with zero attached hydrogens (tertiary/aromatic N) is 1. The fraction of sp³-hybridized carbons (Fsp3) is 0.412. The van der Waals surface area contributed by atoms with E-state index >= 15 is 0 Å². The number of sulfone groups is 1. The molecule has 2 heterocycles. The number of aromatic nitrogens is 1. The SMILES string of the molecule is CC(C)CS(=O)(=O)CC(=O)Nc1nc(-c2ccc3c(c2)CCO3)cs1. The third-order valence-electron chi connectivity index (χ3n) is 3.67. The van der Waals surface area contributed by atoms with Gasteiger partial charge in [-0.3, -0.25) is 4.79 Å². The van der Waals surface area contributed by atoms with E-state index in [1.165, 1.54) is 11.3 Å². The zero-order valence-electron chi connectivity index (χ0n) is 14.1. The van der Waals surface area contributed by atoms with Gasteiger partial charge in [-0.25, -0.2) is 13.4 Å². The summed E-state index contributed by atoms with van der Waals surface area (Å²) < 4.78 is 29.3. The Labute approximate surface area is 151 Å². The predicted molar refractivity (Wildman–Crippen MR) is 98.9 cm³/mol. The molecule has 0 saturated heterocycles. The summed E-state index contributed by atoms with van der Waals surface area (Å²) in [5.41, 5.74) is 2.85. The number of hydrogen-bond acceptors (Lipinski definition) is 6. The maximum Gasteiger partial charge on any atom is 0.241 e. The Hall–Kier alpha value is -1.93. The van der Waals surface area contributed by atoms with Gasteiger partial charge in [0.2, 0.25) is 5.91 Å². The minimum atomic E-state index is -3.40. The third kappa shape index (κ3) is 4.58. The second-order valence-corrected chi connectivity index (χ2v) is 9.42. The third-order valence-corrected chi connectivity index (χ3v) is 6.31. The van der Waals surface area contributed by atoms with Crippen molar-refractivity contribution >= 4 is 32.2 Å². The van der Waals surface area contributed by atoms with E-state index in [0.717, 1.165) is 29.0 Å². The Morgan fingerprint density at radius 2 is 2.20 bits per heavy atom. The molecule has 0 bridgehead atoms. The molecular weight excluding hydrogens is 360 g/mol. The van der Waals surface area contributed by atoms with Crippen LogP contribution in [0.3, 0.4) is 0 Å². The molecule has 1 aliphatic rings. The highest BCUT2D eigenvalue weighted by atomic mass is 32.2. The number of carbonyl (C=O) groups excluding carboxylic acids is 1. The van der Waals surface area contributed by atoms with Crippen LogP contribution in [0.15, 0.2) is 23.6 Å². The largest absolute Gasteiger partial charge is 0.493 e. The van der Waals surface area contributed by atoms with Gasteiger partial charge in [0.05, 0.1) is 18.1 Å². The standard InChI is InChI=1S/C17H20N2O4S2/c1-11(2)9-25(21,22)10-16(20)19-17-18-14(8-24-17)12-3-4-15-13(7-12)5-6-23-15/h3-4,7-8,11H,5-6,9-10H2,1-2H3,(H,18,19,20). The topological polar surface area (TPSA) is 85.4 Å². The predicted octanol–water partition coefficient (Wildman–Crippen LogP) is 2.75. The van der Waals surface area contributed by atoms with E-state index < -0.39 is 21.5 Å². The number of thiazole rings is 1. The first-order valence-electron chi connectivity index (χ1n) is 8.04. The van der Waals surface area contributed by atoms with Gasteiger partial charge < -0.3 is 10.1 Å². The maximum atomic E-state index is 12.0. The molecule has 1 aliphatic heterocycles. The van der Waals surface area contributed by atoms with Gasteiger partial charge in [0.1, 0.15) is 11.5 Å². The second kappa shape index (κ2) is 7.13. The monoisotopic (exact) mass is 380 g/mol. The van der Waals surface area contributed by atoms with Crippen molar-refractivity contribution < 1.29 is 17.9 Å². The Bertz CT molecular complexity index is 888. The van der Waals surface area contributed by atoms with Crippen LogP contribution < -0.4 is 10.1 Å². The summed E-state index contributed by atoms with van der Waals surface area (Å²) in [5.74, 6) is -0.170. The first-order valence-corrected chi connectivity index (χ1v) is 10.7.